The predicted octanol–water partition coefficient (Wildman–Crippen LogP) is 0.0712. The maximum Gasteiger partial charge on any atom is 0.134 e. The Morgan fingerprint density at radius 1 is 1.50 bits per heavy atom. The van der Waals surface area contributed by atoms with Gasteiger partial charge in [0, 0.05) is 0 Å². The lowest BCUT2D eigenvalue weighted by Gasteiger charge is -2.06. The van der Waals surface area contributed by atoms with Crippen LogP contribution in [0.5, 0.6) is 5.75 Å². The first kappa shape index (κ1) is 7.00. The molecule has 50 valence electrons. The first-order valence-corrected chi connectivity index (χ1v) is 2.93. The Hall–Kier alpha value is -1.12. The van der Waals surface area contributed by atoms with Gasteiger partial charge in [-0.05, 0) is 6.07 Å². The van der Waals surface area contributed by atoms with Crippen LogP contribution < -0.4 is 15.9 Å². The molecule has 0 aliphatic carbocycles. The van der Waals surface area contributed by atoms with E-state index in [2.05, 4.69) is 0 Å². The minimum Gasteiger partial charge on any atom is -0.495 e. The highest BCUT2D eigenvalue weighted by Gasteiger charge is 1.98. The number of benzene rings is 1. The summed E-state index contributed by atoms with van der Waals surface area (Å²) in [7, 11) is 7.07. The van der Waals surface area contributed by atoms with Crippen molar-refractivity contribution in [3.05, 3.63) is 18.2 Å². The summed E-state index contributed by atoms with van der Waals surface area (Å²) in [5.41, 5.74) is 6.67. The number of methoxy groups -OCH3 is 1. The van der Waals surface area contributed by atoms with Gasteiger partial charge in [-0.2, -0.15) is 0 Å². The van der Waals surface area contributed by atoms with Gasteiger partial charge < -0.3 is 10.5 Å². The number of anilines is 1. The van der Waals surface area contributed by atoms with E-state index in [1.807, 2.05) is 0 Å². The number of rotatable bonds is 1. The molecule has 0 saturated carbocycles. The first-order chi connectivity index (χ1) is 4.75. The fourth-order valence-electron chi connectivity index (χ4n) is 0.809. The monoisotopic (exact) mass is 133 g/mol. The quantitative estimate of drug-likeness (QED) is 0.434. The van der Waals surface area contributed by atoms with Crippen molar-refractivity contribution in [2.75, 3.05) is 12.8 Å². The van der Waals surface area contributed by atoms with Gasteiger partial charge in [0.15, 0.2) is 0 Å². The van der Waals surface area contributed by atoms with Crippen LogP contribution in [0.4, 0.5) is 5.69 Å². The molecule has 0 heterocycles. The maximum absolute atomic E-state index is 5.53. The molecule has 0 saturated heterocycles. The third-order valence-electron chi connectivity index (χ3n) is 1.28. The van der Waals surface area contributed by atoms with Crippen LogP contribution in [0, 0.1) is 0 Å². The predicted molar refractivity (Wildman–Crippen MR) is 42.8 cm³/mol. The molecule has 1 aromatic rings. The van der Waals surface area contributed by atoms with Crippen molar-refractivity contribution in [3.8, 4) is 5.75 Å². The largest absolute Gasteiger partial charge is 0.495 e. The fraction of sp³-hybridized carbons (Fsp3) is 0.143. The molecule has 10 heavy (non-hydrogen) atoms. The highest BCUT2D eigenvalue weighted by atomic mass is 16.5. The summed E-state index contributed by atoms with van der Waals surface area (Å²) in [5.74, 6) is 0.558. The van der Waals surface area contributed by atoms with E-state index in [-0.39, 0.29) is 0 Å². The second-order valence-electron chi connectivity index (χ2n) is 1.97. The van der Waals surface area contributed by atoms with E-state index in [0.717, 1.165) is 0 Å². The first-order valence-electron chi connectivity index (χ1n) is 2.93. The topological polar surface area (TPSA) is 35.2 Å². The molecular weight excluding hydrogens is 125 g/mol. The van der Waals surface area contributed by atoms with Gasteiger partial charge >= 0.3 is 0 Å². The van der Waals surface area contributed by atoms with Crippen molar-refractivity contribution in [2.45, 2.75) is 0 Å². The van der Waals surface area contributed by atoms with Gasteiger partial charge in [0.1, 0.15) is 13.6 Å². The summed E-state index contributed by atoms with van der Waals surface area (Å²) in [6.45, 7) is 0. The van der Waals surface area contributed by atoms with E-state index in [9.17, 15) is 0 Å². The lowest BCUT2D eigenvalue weighted by Crippen LogP contribution is -2.08. The molecule has 0 bridgehead atoms. The fourth-order valence-corrected chi connectivity index (χ4v) is 0.809. The van der Waals surface area contributed by atoms with Crippen molar-refractivity contribution in [3.63, 3.8) is 0 Å². The molecule has 0 aromatic heterocycles. The molecule has 1 rings (SSSR count). The second-order valence-corrected chi connectivity index (χ2v) is 1.97. The van der Waals surface area contributed by atoms with Gasteiger partial charge in [-0.25, -0.2) is 0 Å². The third-order valence-corrected chi connectivity index (χ3v) is 1.28. The standard InChI is InChI=1S/C7H8BNO/c1-10-7-5(8)3-2-4-6(7)9/h2-4H,9H2,1H3. The summed E-state index contributed by atoms with van der Waals surface area (Å²) in [6.07, 6.45) is 0. The van der Waals surface area contributed by atoms with Crippen LogP contribution in [-0.2, 0) is 0 Å². The molecule has 0 aliphatic rings. The van der Waals surface area contributed by atoms with E-state index in [4.69, 9.17) is 18.3 Å². The molecular formula is C7H8BNO. The normalized spacial score (nSPS) is 9.30. The van der Waals surface area contributed by atoms with E-state index < -0.39 is 0 Å². The molecule has 3 heteroatoms. The molecule has 2 radical (unpaired) electrons. The van der Waals surface area contributed by atoms with Gasteiger partial charge in [-0.15, -0.1) is 0 Å². The Morgan fingerprint density at radius 3 is 2.60 bits per heavy atom. The van der Waals surface area contributed by atoms with Crippen LogP contribution in [-0.4, -0.2) is 15.0 Å². The van der Waals surface area contributed by atoms with Crippen molar-refractivity contribution in [1.82, 2.24) is 0 Å². The van der Waals surface area contributed by atoms with Crippen LogP contribution in [0.25, 0.3) is 0 Å². The summed E-state index contributed by atoms with van der Waals surface area (Å²) in [6, 6.07) is 5.28. The molecule has 0 aliphatic heterocycles. The maximum atomic E-state index is 5.53. The van der Waals surface area contributed by atoms with E-state index in [0.29, 0.717) is 16.9 Å². The van der Waals surface area contributed by atoms with E-state index in [1.165, 1.54) is 0 Å². The zero-order valence-corrected chi connectivity index (χ0v) is 5.79. The van der Waals surface area contributed by atoms with Crippen molar-refractivity contribution < 1.29 is 4.74 Å². The van der Waals surface area contributed by atoms with Crippen LogP contribution in [0.1, 0.15) is 0 Å². The molecule has 2 nitrogen and oxygen atoms in total. The minimum atomic E-state index is 0.558. The van der Waals surface area contributed by atoms with Gasteiger partial charge in [0.05, 0.1) is 12.8 Å². The van der Waals surface area contributed by atoms with Crippen molar-refractivity contribution >= 4 is 19.0 Å². The molecule has 0 spiro atoms. The van der Waals surface area contributed by atoms with Crippen molar-refractivity contribution in [1.29, 1.82) is 0 Å². The zero-order valence-electron chi connectivity index (χ0n) is 5.79. The van der Waals surface area contributed by atoms with Crippen LogP contribution in [0.2, 0.25) is 0 Å². The number of nitrogens with two attached hydrogens (primary N) is 1. The Kier molecular flexibility index (Phi) is 1.85. The van der Waals surface area contributed by atoms with Crippen LogP contribution in [0.15, 0.2) is 18.2 Å². The van der Waals surface area contributed by atoms with Gasteiger partial charge in [0.25, 0.3) is 0 Å². The Balaban J connectivity index is 3.17. The number of hydrogen-bond acceptors (Lipinski definition) is 2. The van der Waals surface area contributed by atoms with Crippen LogP contribution >= 0.6 is 0 Å². The Labute approximate surface area is 61.4 Å². The zero-order chi connectivity index (χ0) is 7.56. The molecule has 0 atom stereocenters. The second kappa shape index (κ2) is 2.65. The van der Waals surface area contributed by atoms with Gasteiger partial charge in [0.2, 0.25) is 0 Å². The Bertz CT molecular complexity index is 217. The average molecular weight is 133 g/mol. The summed E-state index contributed by atoms with van der Waals surface area (Å²) in [5, 5.41) is 0. The molecule has 1 aromatic carbocycles. The van der Waals surface area contributed by atoms with Gasteiger partial charge in [-0.1, -0.05) is 17.6 Å². The molecule has 0 amide bonds. The highest BCUT2D eigenvalue weighted by molar-refractivity contribution is 6.34. The number of ether oxygens (including phenoxy) is 1. The highest BCUT2D eigenvalue weighted by Crippen LogP contribution is 2.15. The smallest absolute Gasteiger partial charge is 0.134 e. The number of nitrogen functional groups attached to an aromatic ring is 1. The lowest BCUT2D eigenvalue weighted by atomic mass is 9.94. The van der Waals surface area contributed by atoms with Crippen LogP contribution in [0.3, 0.4) is 0 Å². The number of hydrogen-bond donors (Lipinski definition) is 1. The number of para-hydroxylation sites is 1. The summed E-state index contributed by atoms with van der Waals surface area (Å²) >= 11 is 0. The SMILES string of the molecule is [B]c1cccc(N)c1OC. The molecule has 2 N–H and O–H groups in total. The van der Waals surface area contributed by atoms with E-state index in [1.54, 1.807) is 25.3 Å². The Morgan fingerprint density at radius 2 is 2.20 bits per heavy atom. The summed E-state index contributed by atoms with van der Waals surface area (Å²) < 4.78 is 4.93. The minimum absolute atomic E-state index is 0.558. The lowest BCUT2D eigenvalue weighted by molar-refractivity contribution is 0.420. The average Bonchev–Trinajstić information content (AvgIpc) is 1.88. The van der Waals surface area contributed by atoms with Gasteiger partial charge in [-0.3, -0.25) is 0 Å². The van der Waals surface area contributed by atoms with Crippen molar-refractivity contribution in [2.24, 2.45) is 0 Å². The molecule has 0 fully saturated rings. The van der Waals surface area contributed by atoms with E-state index >= 15 is 0 Å². The third kappa shape index (κ3) is 1.08. The molecule has 0 unspecified atom stereocenters. The summed E-state index contributed by atoms with van der Waals surface area (Å²) in [4.78, 5) is 0.